The van der Waals surface area contributed by atoms with E-state index in [-0.39, 0.29) is 38.2 Å². The number of aromatic nitrogens is 4. The number of amides is 1. The Morgan fingerprint density at radius 3 is 2.39 bits per heavy atom. The zero-order valence-electron chi connectivity index (χ0n) is 19.0. The average molecular weight is 523 g/mol. The highest BCUT2D eigenvalue weighted by molar-refractivity contribution is 5.93. The lowest BCUT2D eigenvalue weighted by atomic mass is 10.2. The van der Waals surface area contributed by atoms with Crippen molar-refractivity contribution in [2.24, 2.45) is 0 Å². The molecule has 0 spiro atoms. The second-order valence-electron chi connectivity index (χ2n) is 8.05. The van der Waals surface area contributed by atoms with Crippen LogP contribution >= 0.6 is 0 Å². The van der Waals surface area contributed by atoms with Gasteiger partial charge in [0.2, 0.25) is 11.9 Å². The van der Waals surface area contributed by atoms with Gasteiger partial charge >= 0.3 is 12.4 Å². The van der Waals surface area contributed by atoms with Crippen molar-refractivity contribution in [2.75, 3.05) is 49.6 Å². The molecule has 1 aliphatic rings. The van der Waals surface area contributed by atoms with Crippen LogP contribution in [0.5, 0.6) is 0 Å². The van der Waals surface area contributed by atoms with E-state index in [0.29, 0.717) is 31.9 Å². The summed E-state index contributed by atoms with van der Waals surface area (Å²) in [6.07, 6.45) is -6.75. The number of anilines is 2. The molecule has 2 aromatic rings. The van der Waals surface area contributed by atoms with Crippen LogP contribution in [-0.4, -0.2) is 76.4 Å². The summed E-state index contributed by atoms with van der Waals surface area (Å²) in [4.78, 5) is 34.2. The van der Waals surface area contributed by atoms with E-state index in [2.05, 4.69) is 20.4 Å². The Hall–Kier alpha value is -3.27. The van der Waals surface area contributed by atoms with Crippen LogP contribution in [0.15, 0.2) is 23.4 Å². The molecule has 1 fully saturated rings. The monoisotopic (exact) mass is 523 g/mol. The predicted octanol–water partition coefficient (Wildman–Crippen LogP) is 2.15. The van der Waals surface area contributed by atoms with E-state index in [9.17, 15) is 35.9 Å². The number of halogens is 6. The van der Waals surface area contributed by atoms with Gasteiger partial charge in [0, 0.05) is 44.7 Å². The number of rotatable bonds is 9. The second-order valence-corrected chi connectivity index (χ2v) is 8.05. The van der Waals surface area contributed by atoms with E-state index >= 15 is 0 Å². The van der Waals surface area contributed by atoms with Crippen molar-refractivity contribution < 1.29 is 35.9 Å². The number of hydrogen-bond donors (Lipinski definition) is 2. The van der Waals surface area contributed by atoms with Gasteiger partial charge in [-0.15, -0.1) is 0 Å². The fourth-order valence-corrected chi connectivity index (χ4v) is 3.48. The Morgan fingerprint density at radius 2 is 1.78 bits per heavy atom. The zero-order valence-corrected chi connectivity index (χ0v) is 19.0. The van der Waals surface area contributed by atoms with Gasteiger partial charge in [0.05, 0.1) is 30.6 Å². The highest BCUT2D eigenvalue weighted by Gasteiger charge is 2.37. The van der Waals surface area contributed by atoms with E-state index in [4.69, 9.17) is 4.74 Å². The molecule has 0 unspecified atom stereocenters. The van der Waals surface area contributed by atoms with Crippen molar-refractivity contribution in [3.05, 3.63) is 40.1 Å². The molecule has 198 valence electrons. The SMILES string of the molecule is C[C@@H](COCCCN1CCN(c2ncc(C(F)(F)F)cn2)C(=O)C1)Nc1cn[nH]c(=O)c1C(F)(F)F. The van der Waals surface area contributed by atoms with Crippen LogP contribution in [0.2, 0.25) is 0 Å². The predicted molar refractivity (Wildman–Crippen MR) is 114 cm³/mol. The van der Waals surface area contributed by atoms with E-state index in [1.807, 2.05) is 4.90 Å². The van der Waals surface area contributed by atoms with Gasteiger partial charge in [-0.25, -0.2) is 15.1 Å². The highest BCUT2D eigenvalue weighted by atomic mass is 19.4. The van der Waals surface area contributed by atoms with Crippen LogP contribution in [0, 0.1) is 0 Å². The average Bonchev–Trinajstić information content (AvgIpc) is 2.77. The molecule has 10 nitrogen and oxygen atoms in total. The number of carbonyl (C=O) groups is 1. The number of ether oxygens (including phenoxy) is 1. The lowest BCUT2D eigenvalue weighted by molar-refractivity contribution is -0.139. The molecule has 36 heavy (non-hydrogen) atoms. The molecule has 2 N–H and O–H groups in total. The number of H-pyrrole nitrogens is 1. The molecule has 1 saturated heterocycles. The first-order valence-electron chi connectivity index (χ1n) is 10.8. The molecule has 0 aromatic carbocycles. The summed E-state index contributed by atoms with van der Waals surface area (Å²) in [6, 6.07) is -0.552. The zero-order chi connectivity index (χ0) is 26.5. The molecule has 1 amide bonds. The molecule has 1 aliphatic heterocycles. The Bertz CT molecular complexity index is 1090. The normalized spacial score (nSPS) is 16.3. The summed E-state index contributed by atoms with van der Waals surface area (Å²) in [7, 11) is 0. The summed E-state index contributed by atoms with van der Waals surface area (Å²) in [6.45, 7) is 3.08. The van der Waals surface area contributed by atoms with E-state index in [0.717, 1.165) is 6.20 Å². The summed E-state index contributed by atoms with van der Waals surface area (Å²) in [5, 5.41) is 7.72. The van der Waals surface area contributed by atoms with Crippen molar-refractivity contribution in [2.45, 2.75) is 31.7 Å². The van der Waals surface area contributed by atoms with Crippen LogP contribution in [0.3, 0.4) is 0 Å². The van der Waals surface area contributed by atoms with Crippen LogP contribution in [0.4, 0.5) is 38.0 Å². The van der Waals surface area contributed by atoms with Gasteiger partial charge in [-0.1, -0.05) is 0 Å². The van der Waals surface area contributed by atoms with Crippen molar-refractivity contribution in [1.29, 1.82) is 0 Å². The van der Waals surface area contributed by atoms with Gasteiger partial charge in [0.25, 0.3) is 5.56 Å². The fraction of sp³-hybridized carbons (Fsp3) is 0.550. The fourth-order valence-electron chi connectivity index (χ4n) is 3.48. The molecular formula is C20H23F6N7O3. The lowest BCUT2D eigenvalue weighted by Gasteiger charge is -2.33. The van der Waals surface area contributed by atoms with Gasteiger partial charge in [-0.05, 0) is 13.3 Å². The van der Waals surface area contributed by atoms with Crippen LogP contribution in [0.25, 0.3) is 0 Å². The molecule has 0 aliphatic carbocycles. The summed E-state index contributed by atoms with van der Waals surface area (Å²) in [5.74, 6) is -0.451. The quantitative estimate of drug-likeness (QED) is 0.380. The van der Waals surface area contributed by atoms with Crippen molar-refractivity contribution in [1.82, 2.24) is 25.1 Å². The first-order valence-corrected chi connectivity index (χ1v) is 10.8. The minimum atomic E-state index is -4.85. The summed E-state index contributed by atoms with van der Waals surface area (Å²) < 4.78 is 82.7. The molecule has 0 radical (unpaired) electrons. The van der Waals surface area contributed by atoms with E-state index in [1.54, 1.807) is 12.0 Å². The molecule has 0 bridgehead atoms. The van der Waals surface area contributed by atoms with Gasteiger partial charge < -0.3 is 10.1 Å². The van der Waals surface area contributed by atoms with E-state index < -0.39 is 40.8 Å². The van der Waals surface area contributed by atoms with Crippen molar-refractivity contribution >= 4 is 17.5 Å². The summed E-state index contributed by atoms with van der Waals surface area (Å²) in [5.41, 5.74) is -4.16. The molecular weight excluding hydrogens is 500 g/mol. The first-order chi connectivity index (χ1) is 16.9. The minimum absolute atomic E-state index is 0.0259. The third-order valence-corrected chi connectivity index (χ3v) is 5.18. The van der Waals surface area contributed by atoms with Crippen molar-refractivity contribution in [3.63, 3.8) is 0 Å². The largest absolute Gasteiger partial charge is 0.423 e. The number of nitrogens with zero attached hydrogens (tertiary/aromatic N) is 5. The topological polar surface area (TPSA) is 116 Å². The van der Waals surface area contributed by atoms with Crippen molar-refractivity contribution in [3.8, 4) is 0 Å². The molecule has 16 heteroatoms. The number of carbonyl (C=O) groups excluding carboxylic acids is 1. The Morgan fingerprint density at radius 1 is 1.08 bits per heavy atom. The standard InChI is InChI=1S/C20H23F6N7O3/c1-12(30-14-9-29-31-17(35)16(14)20(24,25)26)11-36-6-2-3-32-4-5-33(15(34)10-32)18-27-7-13(8-28-18)19(21,22)23/h7-9,12H,2-6,10-11H2,1H3,(H2,30,31,35)/t12-/m0/s1. The number of alkyl halides is 6. The maximum Gasteiger partial charge on any atom is 0.423 e. The van der Waals surface area contributed by atoms with Gasteiger partial charge in [-0.3, -0.25) is 19.4 Å². The van der Waals surface area contributed by atoms with Crippen LogP contribution in [-0.2, 0) is 21.9 Å². The lowest BCUT2D eigenvalue weighted by Crippen LogP contribution is -2.51. The van der Waals surface area contributed by atoms with Gasteiger partial charge in [0.1, 0.15) is 5.56 Å². The number of nitrogens with one attached hydrogen (secondary N) is 2. The maximum atomic E-state index is 13.1. The molecule has 3 rings (SSSR count). The maximum absolute atomic E-state index is 13.1. The van der Waals surface area contributed by atoms with E-state index in [1.165, 1.54) is 4.90 Å². The number of aromatic amines is 1. The molecule has 0 saturated carbocycles. The van der Waals surface area contributed by atoms with Crippen LogP contribution < -0.4 is 15.8 Å². The molecule has 2 aromatic heterocycles. The third-order valence-electron chi connectivity index (χ3n) is 5.18. The molecule has 1 atom stereocenters. The smallest absolute Gasteiger partial charge is 0.379 e. The molecule has 3 heterocycles. The Kier molecular flexibility index (Phi) is 8.50. The second kappa shape index (κ2) is 11.2. The van der Waals surface area contributed by atoms with Crippen LogP contribution in [0.1, 0.15) is 24.5 Å². The number of hydrogen-bond acceptors (Lipinski definition) is 8. The minimum Gasteiger partial charge on any atom is -0.379 e. The van der Waals surface area contributed by atoms with Gasteiger partial charge in [0.15, 0.2) is 0 Å². The highest BCUT2D eigenvalue weighted by Crippen LogP contribution is 2.31. The number of piperazine rings is 1. The third kappa shape index (κ3) is 7.13. The first kappa shape index (κ1) is 27.3. The Labute approximate surface area is 200 Å². The van der Waals surface area contributed by atoms with Gasteiger partial charge in [-0.2, -0.15) is 31.4 Å². The Balaban J connectivity index is 1.39. The summed E-state index contributed by atoms with van der Waals surface area (Å²) >= 11 is 0.